The Balaban J connectivity index is 1.55. The molecule has 1 aliphatic heterocycles. The van der Waals surface area contributed by atoms with E-state index in [1.807, 2.05) is 23.2 Å². The van der Waals surface area contributed by atoms with Crippen LogP contribution in [0.3, 0.4) is 0 Å². The molecular formula is C25H29FN3O9P. The number of H-pyrrole nitrogens is 1. The average Bonchev–Trinajstić information content (AvgIpc) is 3.25. The zero-order chi connectivity index (χ0) is 28.3. The summed E-state index contributed by atoms with van der Waals surface area (Å²) >= 11 is 0. The summed E-state index contributed by atoms with van der Waals surface area (Å²) in [5.41, 5.74) is -2.11. The molecule has 2 aromatic carbocycles. The lowest BCUT2D eigenvalue weighted by atomic mass is 10.1. The minimum absolute atomic E-state index is 0.140. The lowest BCUT2D eigenvalue weighted by molar-refractivity contribution is -0.149. The van der Waals surface area contributed by atoms with E-state index in [1.165, 1.54) is 6.92 Å². The largest absolute Gasteiger partial charge is 0.462 e. The third-order valence-electron chi connectivity index (χ3n) is 5.87. The Morgan fingerprint density at radius 3 is 2.69 bits per heavy atom. The third kappa shape index (κ3) is 6.81. The summed E-state index contributed by atoms with van der Waals surface area (Å²) < 4.78 is 50.8. The third-order valence-corrected chi connectivity index (χ3v) is 7.50. The van der Waals surface area contributed by atoms with E-state index in [-0.39, 0.29) is 12.2 Å². The number of halogens is 1. The van der Waals surface area contributed by atoms with E-state index in [9.17, 15) is 28.4 Å². The van der Waals surface area contributed by atoms with Gasteiger partial charge in [-0.25, -0.2) is 9.36 Å². The summed E-state index contributed by atoms with van der Waals surface area (Å²) in [6.45, 7) is 4.28. The van der Waals surface area contributed by atoms with Crippen molar-refractivity contribution in [2.75, 3.05) is 6.61 Å². The maximum Gasteiger partial charge on any atom is 0.459 e. The normalized spacial score (nSPS) is 21.5. The second-order valence-electron chi connectivity index (χ2n) is 9.27. The van der Waals surface area contributed by atoms with Gasteiger partial charge in [0, 0.05) is 11.8 Å². The van der Waals surface area contributed by atoms with Crippen LogP contribution in [0.4, 0.5) is 4.39 Å². The second kappa shape index (κ2) is 11.8. The SMILES string of the molecule is CC(C)OC(=O)[C@H](C)NP(=O)(OC[C@H]1O[C@@H](n2cc(F)c(=O)[nH]c2=O)CC1O)Oc1cccc2ccccc12. The number of aliphatic hydroxyl groups is 1. The van der Waals surface area contributed by atoms with Crippen molar-refractivity contribution in [3.05, 3.63) is 75.3 Å². The summed E-state index contributed by atoms with van der Waals surface area (Å²) in [7, 11) is -4.31. The van der Waals surface area contributed by atoms with Gasteiger partial charge < -0.3 is 19.1 Å². The number of carbonyl (C=O) groups excluding carboxylic acids is 1. The van der Waals surface area contributed by atoms with Crippen molar-refractivity contribution < 1.29 is 37.4 Å². The van der Waals surface area contributed by atoms with E-state index in [0.717, 1.165) is 9.95 Å². The van der Waals surface area contributed by atoms with Gasteiger partial charge in [-0.05, 0) is 32.2 Å². The molecule has 1 saturated heterocycles. The van der Waals surface area contributed by atoms with Crippen molar-refractivity contribution >= 4 is 24.5 Å². The van der Waals surface area contributed by atoms with Gasteiger partial charge in [0.25, 0.3) is 5.56 Å². The van der Waals surface area contributed by atoms with Crippen LogP contribution in [0.25, 0.3) is 10.8 Å². The number of carbonyl (C=O) groups is 1. The highest BCUT2D eigenvalue weighted by atomic mass is 31.2. The first kappa shape index (κ1) is 28.7. The molecule has 2 heterocycles. The Bertz CT molecular complexity index is 1500. The molecule has 0 radical (unpaired) electrons. The molecule has 5 atom stereocenters. The minimum Gasteiger partial charge on any atom is -0.462 e. The average molecular weight is 565 g/mol. The topological polar surface area (TPSA) is 158 Å². The van der Waals surface area contributed by atoms with Gasteiger partial charge in [-0.3, -0.25) is 23.7 Å². The first-order valence-electron chi connectivity index (χ1n) is 12.2. The number of nitrogens with one attached hydrogen (secondary N) is 2. The number of fused-ring (bicyclic) bond motifs is 1. The summed E-state index contributed by atoms with van der Waals surface area (Å²) in [5, 5.41) is 14.5. The molecule has 14 heteroatoms. The number of aromatic amines is 1. The van der Waals surface area contributed by atoms with E-state index < -0.39 is 68.0 Å². The molecule has 210 valence electrons. The number of nitrogens with zero attached hydrogens (tertiary/aromatic N) is 1. The fourth-order valence-corrected chi connectivity index (χ4v) is 5.52. The zero-order valence-electron chi connectivity index (χ0n) is 21.4. The van der Waals surface area contributed by atoms with E-state index in [0.29, 0.717) is 11.6 Å². The molecule has 0 spiro atoms. The van der Waals surface area contributed by atoms with Crippen molar-refractivity contribution in [1.29, 1.82) is 0 Å². The van der Waals surface area contributed by atoms with Gasteiger partial charge in [0.15, 0.2) is 0 Å². The van der Waals surface area contributed by atoms with Crippen LogP contribution in [0.1, 0.15) is 33.4 Å². The summed E-state index contributed by atoms with van der Waals surface area (Å²) in [6.07, 6.45) is -3.31. The number of ether oxygens (including phenoxy) is 2. The smallest absolute Gasteiger partial charge is 0.459 e. The number of hydrogen-bond acceptors (Lipinski definition) is 9. The van der Waals surface area contributed by atoms with Crippen LogP contribution < -0.4 is 20.9 Å². The van der Waals surface area contributed by atoms with E-state index in [4.69, 9.17) is 18.5 Å². The molecule has 1 aliphatic rings. The quantitative estimate of drug-likeness (QED) is 0.246. The lowest BCUT2D eigenvalue weighted by Crippen LogP contribution is -2.37. The Labute approximate surface area is 222 Å². The maximum absolute atomic E-state index is 13.9. The molecule has 2 unspecified atom stereocenters. The van der Waals surface area contributed by atoms with Crippen LogP contribution in [0.15, 0.2) is 58.3 Å². The Kier molecular flexibility index (Phi) is 8.67. The number of benzene rings is 2. The summed E-state index contributed by atoms with van der Waals surface area (Å²) in [5.74, 6) is -1.67. The van der Waals surface area contributed by atoms with Crippen molar-refractivity contribution in [2.24, 2.45) is 0 Å². The van der Waals surface area contributed by atoms with Gasteiger partial charge in [-0.2, -0.15) is 9.48 Å². The number of hydrogen-bond donors (Lipinski definition) is 3. The molecular weight excluding hydrogens is 536 g/mol. The minimum atomic E-state index is -4.31. The molecule has 1 fully saturated rings. The Hall–Kier alpha value is -3.35. The van der Waals surface area contributed by atoms with Crippen molar-refractivity contribution in [2.45, 2.75) is 57.8 Å². The van der Waals surface area contributed by atoms with Crippen molar-refractivity contribution in [3.63, 3.8) is 0 Å². The first-order valence-corrected chi connectivity index (χ1v) is 13.7. The standard InChI is InChI=1S/C25H29FN3O9P/c1-14(2)36-24(32)15(3)28-39(34,38-20-10-6-8-16-7-4-5-9-17(16)20)35-13-21-19(30)11-22(37-21)29-12-18(26)23(31)27-25(29)33/h4-10,12,14-15,19,21-22,30H,11,13H2,1-3H3,(H,28,34)(H,27,31,33)/t15-,19?,21+,22+,39?/m0/s1. The lowest BCUT2D eigenvalue weighted by Gasteiger charge is -2.25. The summed E-state index contributed by atoms with van der Waals surface area (Å²) in [6, 6.07) is 11.3. The van der Waals surface area contributed by atoms with Gasteiger partial charge in [-0.1, -0.05) is 36.4 Å². The van der Waals surface area contributed by atoms with Gasteiger partial charge in [0.2, 0.25) is 5.82 Å². The monoisotopic (exact) mass is 565 g/mol. The molecule has 0 bridgehead atoms. The molecule has 39 heavy (non-hydrogen) atoms. The van der Waals surface area contributed by atoms with Crippen LogP contribution in [-0.4, -0.2) is 51.6 Å². The number of rotatable bonds is 10. The highest BCUT2D eigenvalue weighted by Crippen LogP contribution is 2.47. The predicted molar refractivity (Wildman–Crippen MR) is 138 cm³/mol. The van der Waals surface area contributed by atoms with Crippen LogP contribution in [0, 0.1) is 5.82 Å². The van der Waals surface area contributed by atoms with Crippen LogP contribution in [0.2, 0.25) is 0 Å². The molecule has 0 saturated carbocycles. The molecule has 0 aliphatic carbocycles. The fourth-order valence-electron chi connectivity index (χ4n) is 4.00. The second-order valence-corrected chi connectivity index (χ2v) is 11.0. The molecule has 3 aromatic rings. The zero-order valence-corrected chi connectivity index (χ0v) is 22.3. The number of aromatic nitrogens is 2. The highest BCUT2D eigenvalue weighted by Gasteiger charge is 2.40. The van der Waals surface area contributed by atoms with Gasteiger partial charge in [0.05, 0.1) is 25.0 Å². The van der Waals surface area contributed by atoms with Crippen LogP contribution in [-0.2, 0) is 23.4 Å². The highest BCUT2D eigenvalue weighted by molar-refractivity contribution is 7.52. The van der Waals surface area contributed by atoms with E-state index >= 15 is 0 Å². The van der Waals surface area contributed by atoms with Gasteiger partial charge in [0.1, 0.15) is 24.1 Å². The van der Waals surface area contributed by atoms with Gasteiger partial charge in [-0.15, -0.1) is 0 Å². The Morgan fingerprint density at radius 1 is 1.23 bits per heavy atom. The Morgan fingerprint density at radius 2 is 1.95 bits per heavy atom. The molecule has 0 amide bonds. The van der Waals surface area contributed by atoms with Crippen LogP contribution in [0.5, 0.6) is 5.75 Å². The van der Waals surface area contributed by atoms with E-state index in [2.05, 4.69) is 5.09 Å². The predicted octanol–water partition coefficient (Wildman–Crippen LogP) is 2.61. The number of esters is 1. The van der Waals surface area contributed by atoms with Crippen molar-refractivity contribution in [3.8, 4) is 5.75 Å². The van der Waals surface area contributed by atoms with E-state index in [1.54, 1.807) is 38.1 Å². The molecule has 1 aromatic heterocycles. The number of aliphatic hydroxyl groups excluding tert-OH is 1. The molecule has 3 N–H and O–H groups in total. The first-order chi connectivity index (χ1) is 18.5. The fraction of sp³-hybridized carbons (Fsp3) is 0.400. The molecule has 12 nitrogen and oxygen atoms in total. The van der Waals surface area contributed by atoms with Crippen LogP contribution >= 0.6 is 7.75 Å². The summed E-state index contributed by atoms with van der Waals surface area (Å²) in [4.78, 5) is 37.7. The maximum atomic E-state index is 13.9. The molecule has 4 rings (SSSR count). The van der Waals surface area contributed by atoms with Gasteiger partial charge >= 0.3 is 19.4 Å². The van der Waals surface area contributed by atoms with Crippen molar-refractivity contribution in [1.82, 2.24) is 14.6 Å².